The number of halogens is 2. The summed E-state index contributed by atoms with van der Waals surface area (Å²) in [5, 5.41) is 2.70. The smallest absolute Gasteiger partial charge is 0.257 e. The fourth-order valence-electron chi connectivity index (χ4n) is 3.12. The quantitative estimate of drug-likeness (QED) is 0.405. The van der Waals surface area contributed by atoms with Gasteiger partial charge in [-0.3, -0.25) is 9.59 Å². The number of hydrogen-bond donors (Lipinski definition) is 1. The molecule has 3 aromatic rings. The number of aromatic nitrogens is 1. The van der Waals surface area contributed by atoms with E-state index in [4.69, 9.17) is 27.9 Å². The summed E-state index contributed by atoms with van der Waals surface area (Å²) in [5.41, 5.74) is 2.62. The Morgan fingerprint density at radius 2 is 1.76 bits per heavy atom. The molecule has 0 saturated heterocycles. The molecule has 0 spiro atoms. The Hall–Kier alpha value is -2.93. The van der Waals surface area contributed by atoms with Crippen molar-refractivity contribution in [3.8, 4) is 11.6 Å². The first kappa shape index (κ1) is 24.7. The minimum atomic E-state index is -0.532. The van der Waals surface area contributed by atoms with Crippen LogP contribution in [0.1, 0.15) is 44.8 Å². The second-order valence-electron chi connectivity index (χ2n) is 7.90. The average molecular weight is 486 g/mol. The molecule has 0 bridgehead atoms. The van der Waals surface area contributed by atoms with E-state index in [0.717, 1.165) is 18.5 Å². The van der Waals surface area contributed by atoms with Crippen molar-refractivity contribution in [3.05, 3.63) is 88.1 Å². The molecule has 0 radical (unpaired) electrons. The van der Waals surface area contributed by atoms with Crippen LogP contribution in [-0.2, 0) is 6.42 Å². The number of likely N-dealkylation sites (N-methyl/N-ethyl adjacent to an activating group) is 1. The summed E-state index contributed by atoms with van der Waals surface area (Å²) in [6, 6.07) is 15.6. The van der Waals surface area contributed by atoms with Crippen molar-refractivity contribution in [2.45, 2.75) is 19.4 Å². The lowest BCUT2D eigenvalue weighted by molar-refractivity contribution is 0.0936. The van der Waals surface area contributed by atoms with Crippen LogP contribution >= 0.6 is 23.2 Å². The standard InChI is InChI=1S/C25H25Cl2N3O3/c1-16(18-6-8-19(9-7-18)23(27)31)29-24(32)22-14-20(26)15-28-25(22)33-21-10-4-17(5-11-21)12-13-30(2)3/h4-11,14-16H,12-13H2,1-3H3,(H,29,32)/t16-/m0/s1. The molecule has 0 aliphatic rings. The third-order valence-electron chi connectivity index (χ3n) is 5.03. The number of amides is 1. The fraction of sp³-hybridized carbons (Fsp3) is 0.240. The van der Waals surface area contributed by atoms with E-state index in [9.17, 15) is 9.59 Å². The van der Waals surface area contributed by atoms with Crippen LogP contribution in [0.5, 0.6) is 11.6 Å². The van der Waals surface area contributed by atoms with Gasteiger partial charge in [-0.05, 0) is 80.5 Å². The van der Waals surface area contributed by atoms with Gasteiger partial charge in [-0.2, -0.15) is 0 Å². The van der Waals surface area contributed by atoms with Gasteiger partial charge in [0.15, 0.2) is 0 Å². The van der Waals surface area contributed by atoms with Gasteiger partial charge >= 0.3 is 0 Å². The first-order chi connectivity index (χ1) is 15.7. The lowest BCUT2D eigenvalue weighted by Gasteiger charge is -2.16. The minimum Gasteiger partial charge on any atom is -0.438 e. The van der Waals surface area contributed by atoms with Gasteiger partial charge in [0, 0.05) is 18.3 Å². The highest BCUT2D eigenvalue weighted by atomic mass is 35.5. The highest BCUT2D eigenvalue weighted by molar-refractivity contribution is 6.67. The first-order valence-corrected chi connectivity index (χ1v) is 11.2. The molecule has 2 aromatic carbocycles. The number of nitrogens with one attached hydrogen (secondary N) is 1. The molecule has 0 unspecified atom stereocenters. The maximum atomic E-state index is 13.0. The number of pyridine rings is 1. The van der Waals surface area contributed by atoms with Gasteiger partial charge in [-0.15, -0.1) is 0 Å². The third-order valence-corrected chi connectivity index (χ3v) is 5.46. The van der Waals surface area contributed by atoms with E-state index in [1.165, 1.54) is 17.8 Å². The second kappa shape index (κ2) is 11.3. The molecule has 8 heteroatoms. The Morgan fingerprint density at radius 3 is 2.36 bits per heavy atom. The monoisotopic (exact) mass is 485 g/mol. The van der Waals surface area contributed by atoms with Crippen LogP contribution in [0.15, 0.2) is 60.8 Å². The highest BCUT2D eigenvalue weighted by Gasteiger charge is 2.19. The van der Waals surface area contributed by atoms with E-state index in [2.05, 4.69) is 15.2 Å². The number of rotatable bonds is 9. The van der Waals surface area contributed by atoms with E-state index in [0.29, 0.717) is 16.3 Å². The average Bonchev–Trinajstić information content (AvgIpc) is 2.79. The molecule has 1 amide bonds. The topological polar surface area (TPSA) is 71.5 Å². The lowest BCUT2D eigenvalue weighted by atomic mass is 10.1. The molecule has 172 valence electrons. The van der Waals surface area contributed by atoms with Crippen molar-refractivity contribution < 1.29 is 14.3 Å². The third kappa shape index (κ3) is 7.02. The molecule has 0 fully saturated rings. The summed E-state index contributed by atoms with van der Waals surface area (Å²) < 4.78 is 5.90. The number of carbonyl (C=O) groups is 2. The molecule has 6 nitrogen and oxygen atoms in total. The van der Waals surface area contributed by atoms with Crippen molar-refractivity contribution >= 4 is 34.4 Å². The lowest BCUT2D eigenvalue weighted by Crippen LogP contribution is -2.27. The summed E-state index contributed by atoms with van der Waals surface area (Å²) >= 11 is 11.6. The van der Waals surface area contributed by atoms with E-state index in [-0.39, 0.29) is 23.4 Å². The fourth-order valence-corrected chi connectivity index (χ4v) is 3.40. The number of benzene rings is 2. The second-order valence-corrected chi connectivity index (χ2v) is 8.68. The molecule has 0 aliphatic carbocycles. The van der Waals surface area contributed by atoms with Crippen LogP contribution in [0.25, 0.3) is 0 Å². The van der Waals surface area contributed by atoms with Gasteiger partial charge in [0.05, 0.1) is 11.1 Å². The van der Waals surface area contributed by atoms with Gasteiger partial charge in [-0.1, -0.05) is 35.9 Å². The van der Waals surface area contributed by atoms with Crippen molar-refractivity contribution in [1.82, 2.24) is 15.2 Å². The minimum absolute atomic E-state index is 0.160. The largest absolute Gasteiger partial charge is 0.438 e. The van der Waals surface area contributed by atoms with Crippen LogP contribution in [-0.4, -0.2) is 41.7 Å². The maximum absolute atomic E-state index is 13.0. The van der Waals surface area contributed by atoms with E-state index >= 15 is 0 Å². The Labute approximate surface area is 203 Å². The molecule has 1 atom stereocenters. The van der Waals surface area contributed by atoms with Crippen molar-refractivity contribution in [2.75, 3.05) is 20.6 Å². The number of carbonyl (C=O) groups excluding carboxylic acids is 2. The first-order valence-electron chi connectivity index (χ1n) is 10.4. The Balaban J connectivity index is 1.73. The molecule has 1 aromatic heterocycles. The molecule has 0 saturated carbocycles. The zero-order chi connectivity index (χ0) is 24.0. The molecular formula is C25H25Cl2N3O3. The van der Waals surface area contributed by atoms with Gasteiger partial charge in [-0.25, -0.2) is 4.98 Å². The summed E-state index contributed by atoms with van der Waals surface area (Å²) in [7, 11) is 4.07. The zero-order valence-corrected chi connectivity index (χ0v) is 20.2. The molecule has 1 N–H and O–H groups in total. The van der Waals surface area contributed by atoms with Gasteiger partial charge in [0.1, 0.15) is 11.3 Å². The number of ether oxygens (including phenoxy) is 1. The highest BCUT2D eigenvalue weighted by Crippen LogP contribution is 2.26. The predicted octanol–water partition coefficient (Wildman–Crippen LogP) is 5.50. The van der Waals surface area contributed by atoms with Crippen molar-refractivity contribution in [1.29, 1.82) is 0 Å². The maximum Gasteiger partial charge on any atom is 0.257 e. The van der Waals surface area contributed by atoms with Gasteiger partial charge in [0.2, 0.25) is 5.88 Å². The molecule has 0 aliphatic heterocycles. The summed E-state index contributed by atoms with van der Waals surface area (Å²) in [6.07, 6.45) is 2.36. The Bertz CT molecular complexity index is 1120. The summed E-state index contributed by atoms with van der Waals surface area (Å²) in [4.78, 5) is 30.6. The SMILES string of the molecule is C[C@H](NC(=O)c1cc(Cl)cnc1Oc1ccc(CCN(C)C)cc1)c1ccc(C(=O)Cl)cc1. The Morgan fingerprint density at radius 1 is 1.09 bits per heavy atom. The van der Waals surface area contributed by atoms with Gasteiger partial charge < -0.3 is 15.0 Å². The normalized spacial score (nSPS) is 11.8. The Kier molecular flexibility index (Phi) is 8.44. The summed E-state index contributed by atoms with van der Waals surface area (Å²) in [5.74, 6) is 0.350. The molecular weight excluding hydrogens is 461 g/mol. The van der Waals surface area contributed by atoms with Gasteiger partial charge in [0.25, 0.3) is 11.1 Å². The van der Waals surface area contributed by atoms with Crippen LogP contribution in [0.3, 0.4) is 0 Å². The number of nitrogens with zero attached hydrogens (tertiary/aromatic N) is 2. The summed E-state index contributed by atoms with van der Waals surface area (Å²) in [6.45, 7) is 2.78. The van der Waals surface area contributed by atoms with E-state index in [1.54, 1.807) is 24.3 Å². The van der Waals surface area contributed by atoms with Crippen molar-refractivity contribution in [2.24, 2.45) is 0 Å². The van der Waals surface area contributed by atoms with Crippen molar-refractivity contribution in [3.63, 3.8) is 0 Å². The van der Waals surface area contributed by atoms with Crippen LogP contribution < -0.4 is 10.1 Å². The van der Waals surface area contributed by atoms with Crippen LogP contribution in [0.4, 0.5) is 0 Å². The molecule has 33 heavy (non-hydrogen) atoms. The molecule has 1 heterocycles. The number of hydrogen-bond acceptors (Lipinski definition) is 5. The zero-order valence-electron chi connectivity index (χ0n) is 18.6. The van der Waals surface area contributed by atoms with Crippen LogP contribution in [0.2, 0.25) is 5.02 Å². The van der Waals surface area contributed by atoms with E-state index < -0.39 is 5.24 Å². The van der Waals surface area contributed by atoms with Crippen LogP contribution in [0, 0.1) is 0 Å². The molecule has 3 rings (SSSR count). The predicted molar refractivity (Wildman–Crippen MR) is 131 cm³/mol. The van der Waals surface area contributed by atoms with E-state index in [1.807, 2.05) is 45.3 Å².